The van der Waals surface area contributed by atoms with Crippen molar-refractivity contribution in [3.8, 4) is 11.1 Å². The van der Waals surface area contributed by atoms with Gasteiger partial charge in [0.05, 0.1) is 11.1 Å². The predicted octanol–water partition coefficient (Wildman–Crippen LogP) is 3.13. The van der Waals surface area contributed by atoms with E-state index in [0.717, 1.165) is 12.1 Å². The molecule has 0 aliphatic carbocycles. The van der Waals surface area contributed by atoms with Gasteiger partial charge in [0, 0.05) is 25.0 Å². The van der Waals surface area contributed by atoms with E-state index >= 15 is 0 Å². The van der Waals surface area contributed by atoms with E-state index in [9.17, 15) is 18.0 Å². The number of carbonyl (C=O) groups is 1. The summed E-state index contributed by atoms with van der Waals surface area (Å²) in [4.78, 5) is 15.4. The number of nitrogens with zero attached hydrogens (tertiary/aromatic N) is 1. The average Bonchev–Trinajstić information content (AvgIpc) is 2.46. The van der Waals surface area contributed by atoms with Crippen LogP contribution in [0.25, 0.3) is 11.1 Å². The van der Waals surface area contributed by atoms with Crippen molar-refractivity contribution in [1.29, 1.82) is 0 Å². The number of pyridine rings is 1. The molecule has 1 heterocycles. The Morgan fingerprint density at radius 2 is 1.90 bits per heavy atom. The summed E-state index contributed by atoms with van der Waals surface area (Å²) in [6.07, 6.45) is -1.63. The molecule has 0 saturated carbocycles. The Bertz CT molecular complexity index is 638. The first-order valence-electron chi connectivity index (χ1n) is 5.76. The molecule has 0 atom stereocenters. The number of rotatable bonds is 2. The van der Waals surface area contributed by atoms with E-state index in [1.807, 2.05) is 0 Å². The summed E-state index contributed by atoms with van der Waals surface area (Å²) >= 11 is 0. The average molecular weight is 280 g/mol. The van der Waals surface area contributed by atoms with Crippen molar-refractivity contribution >= 4 is 5.91 Å². The standard InChI is InChI=1S/C14H11F3N2O/c1-18-13(20)11-5-10(7-19-8-11)9-3-2-4-12(6-9)14(15,16)17/h2-8H,1H3,(H,18,20). The molecule has 1 aromatic carbocycles. The first-order valence-corrected chi connectivity index (χ1v) is 5.76. The van der Waals surface area contributed by atoms with Crippen LogP contribution in [0.15, 0.2) is 42.7 Å². The monoisotopic (exact) mass is 280 g/mol. The van der Waals surface area contributed by atoms with Crippen LogP contribution in [0.4, 0.5) is 13.2 Å². The number of hydrogen-bond donors (Lipinski definition) is 1. The summed E-state index contributed by atoms with van der Waals surface area (Å²) in [6.45, 7) is 0. The third kappa shape index (κ3) is 2.96. The molecule has 20 heavy (non-hydrogen) atoms. The lowest BCUT2D eigenvalue weighted by Crippen LogP contribution is -2.17. The molecule has 6 heteroatoms. The van der Waals surface area contributed by atoms with Crippen molar-refractivity contribution in [1.82, 2.24) is 10.3 Å². The number of hydrogen-bond acceptors (Lipinski definition) is 2. The molecule has 0 unspecified atom stereocenters. The van der Waals surface area contributed by atoms with Crippen molar-refractivity contribution < 1.29 is 18.0 Å². The van der Waals surface area contributed by atoms with Crippen molar-refractivity contribution in [2.75, 3.05) is 7.05 Å². The molecule has 0 saturated heterocycles. The fourth-order valence-corrected chi connectivity index (χ4v) is 1.74. The Kier molecular flexibility index (Phi) is 3.74. The maximum Gasteiger partial charge on any atom is 0.416 e. The smallest absolute Gasteiger partial charge is 0.355 e. The Labute approximate surface area is 113 Å². The quantitative estimate of drug-likeness (QED) is 0.918. The summed E-state index contributed by atoms with van der Waals surface area (Å²) < 4.78 is 38.0. The maximum atomic E-state index is 12.7. The molecule has 0 spiro atoms. The summed E-state index contributed by atoms with van der Waals surface area (Å²) in [5, 5.41) is 2.44. The Morgan fingerprint density at radius 1 is 1.15 bits per heavy atom. The largest absolute Gasteiger partial charge is 0.416 e. The van der Waals surface area contributed by atoms with Gasteiger partial charge in [-0.25, -0.2) is 0 Å². The van der Waals surface area contributed by atoms with Crippen LogP contribution < -0.4 is 5.32 Å². The van der Waals surface area contributed by atoms with E-state index < -0.39 is 11.7 Å². The first kappa shape index (κ1) is 14.0. The highest BCUT2D eigenvalue weighted by Crippen LogP contribution is 2.32. The molecule has 0 bridgehead atoms. The van der Waals surface area contributed by atoms with Gasteiger partial charge in [-0.2, -0.15) is 13.2 Å². The Balaban J connectivity index is 2.44. The van der Waals surface area contributed by atoms with E-state index in [1.54, 1.807) is 6.07 Å². The van der Waals surface area contributed by atoms with E-state index in [0.29, 0.717) is 16.7 Å². The van der Waals surface area contributed by atoms with E-state index in [1.165, 1.54) is 31.6 Å². The second-order valence-electron chi connectivity index (χ2n) is 4.12. The summed E-state index contributed by atoms with van der Waals surface area (Å²) in [7, 11) is 1.47. The lowest BCUT2D eigenvalue weighted by Gasteiger charge is -2.09. The van der Waals surface area contributed by atoms with Crippen LogP contribution >= 0.6 is 0 Å². The lowest BCUT2D eigenvalue weighted by molar-refractivity contribution is -0.137. The third-order valence-corrected chi connectivity index (χ3v) is 2.75. The third-order valence-electron chi connectivity index (χ3n) is 2.75. The van der Waals surface area contributed by atoms with Crippen LogP contribution in [0.5, 0.6) is 0 Å². The van der Waals surface area contributed by atoms with E-state index in [-0.39, 0.29) is 5.91 Å². The van der Waals surface area contributed by atoms with Crippen molar-refractivity contribution in [3.63, 3.8) is 0 Å². The minimum absolute atomic E-state index is 0.294. The first-order chi connectivity index (χ1) is 9.41. The minimum Gasteiger partial charge on any atom is -0.355 e. The zero-order valence-electron chi connectivity index (χ0n) is 10.5. The number of halogens is 3. The zero-order chi connectivity index (χ0) is 14.8. The number of benzene rings is 1. The van der Waals surface area contributed by atoms with Crippen LogP contribution in [0.1, 0.15) is 15.9 Å². The molecule has 0 aliphatic rings. The van der Waals surface area contributed by atoms with Gasteiger partial charge in [-0.3, -0.25) is 9.78 Å². The maximum absolute atomic E-state index is 12.7. The van der Waals surface area contributed by atoms with Gasteiger partial charge in [0.25, 0.3) is 5.91 Å². The molecular weight excluding hydrogens is 269 g/mol. The highest BCUT2D eigenvalue weighted by molar-refractivity contribution is 5.94. The Morgan fingerprint density at radius 3 is 2.55 bits per heavy atom. The fraction of sp³-hybridized carbons (Fsp3) is 0.143. The van der Waals surface area contributed by atoms with Gasteiger partial charge in [-0.05, 0) is 23.8 Å². The molecule has 0 radical (unpaired) electrons. The van der Waals surface area contributed by atoms with Gasteiger partial charge in [-0.15, -0.1) is 0 Å². The Hall–Kier alpha value is -2.37. The van der Waals surface area contributed by atoms with E-state index in [2.05, 4.69) is 10.3 Å². The summed E-state index contributed by atoms with van der Waals surface area (Å²) in [6, 6.07) is 6.40. The number of aromatic nitrogens is 1. The second kappa shape index (κ2) is 5.32. The topological polar surface area (TPSA) is 42.0 Å². The van der Waals surface area contributed by atoms with Crippen LogP contribution in [-0.2, 0) is 6.18 Å². The second-order valence-corrected chi connectivity index (χ2v) is 4.12. The van der Waals surface area contributed by atoms with Crippen molar-refractivity contribution in [2.24, 2.45) is 0 Å². The van der Waals surface area contributed by atoms with Gasteiger partial charge in [0.1, 0.15) is 0 Å². The van der Waals surface area contributed by atoms with Gasteiger partial charge in [0.15, 0.2) is 0 Å². The molecule has 2 aromatic rings. The SMILES string of the molecule is CNC(=O)c1cncc(-c2cccc(C(F)(F)F)c2)c1. The van der Waals surface area contributed by atoms with Gasteiger partial charge in [-0.1, -0.05) is 12.1 Å². The number of nitrogens with one attached hydrogen (secondary N) is 1. The number of alkyl halides is 3. The molecular formula is C14H11F3N2O. The molecule has 1 amide bonds. The fourth-order valence-electron chi connectivity index (χ4n) is 1.74. The molecule has 1 N–H and O–H groups in total. The van der Waals surface area contributed by atoms with Gasteiger partial charge < -0.3 is 5.32 Å². The molecule has 2 rings (SSSR count). The van der Waals surface area contributed by atoms with Crippen molar-refractivity contribution in [2.45, 2.75) is 6.18 Å². The summed E-state index contributed by atoms with van der Waals surface area (Å²) in [5.41, 5.74) is 0.373. The predicted molar refractivity (Wildman–Crippen MR) is 68.1 cm³/mol. The molecule has 0 aliphatic heterocycles. The summed E-state index contributed by atoms with van der Waals surface area (Å²) in [5.74, 6) is -0.341. The molecule has 1 aromatic heterocycles. The van der Waals surface area contributed by atoms with Crippen LogP contribution in [0, 0.1) is 0 Å². The van der Waals surface area contributed by atoms with Crippen molar-refractivity contribution in [3.05, 3.63) is 53.9 Å². The minimum atomic E-state index is -4.40. The normalized spacial score (nSPS) is 11.2. The van der Waals surface area contributed by atoms with E-state index in [4.69, 9.17) is 0 Å². The highest BCUT2D eigenvalue weighted by atomic mass is 19.4. The molecule has 0 fully saturated rings. The number of amides is 1. The number of carbonyl (C=O) groups excluding carboxylic acids is 1. The molecule has 104 valence electrons. The van der Waals surface area contributed by atoms with Crippen LogP contribution in [-0.4, -0.2) is 17.9 Å². The highest BCUT2D eigenvalue weighted by Gasteiger charge is 2.30. The zero-order valence-corrected chi connectivity index (χ0v) is 10.5. The van der Waals surface area contributed by atoms with Crippen LogP contribution in [0.3, 0.4) is 0 Å². The van der Waals surface area contributed by atoms with Gasteiger partial charge in [0.2, 0.25) is 0 Å². The lowest BCUT2D eigenvalue weighted by atomic mass is 10.0. The van der Waals surface area contributed by atoms with Crippen LogP contribution in [0.2, 0.25) is 0 Å². The van der Waals surface area contributed by atoms with Gasteiger partial charge >= 0.3 is 6.18 Å². The molecule has 3 nitrogen and oxygen atoms in total.